The molecular weight excluding hydrogens is 1250 g/mol. The molecule has 0 heterocycles. The summed E-state index contributed by atoms with van der Waals surface area (Å²) in [6.07, 6.45) is 11.8. The minimum atomic E-state index is 0. The average molecular weight is 1340 g/mol. The molecule has 0 atom stereocenters. The van der Waals surface area contributed by atoms with E-state index in [1.165, 1.54) is 11.1 Å². The van der Waals surface area contributed by atoms with Crippen molar-refractivity contribution in [3.05, 3.63) is 204 Å². The van der Waals surface area contributed by atoms with Gasteiger partial charge in [-0.1, -0.05) is 301 Å². The number of benzene rings is 7. The number of hydrogen-bond acceptors (Lipinski definition) is 7. The number of rotatable bonds is 14. The predicted octanol–water partition coefficient (Wildman–Crippen LogP) is -7.16. The second-order valence-corrected chi connectivity index (χ2v) is 19.3. The van der Waals surface area contributed by atoms with Crippen LogP contribution in [0, 0.1) is 13.8 Å². The molecule has 0 spiro atoms. The Balaban J connectivity index is -0.000000167. The van der Waals surface area contributed by atoms with Crippen molar-refractivity contribution >= 4 is 0 Å². The molecule has 7 aromatic rings. The molecule has 0 aromatic heterocycles. The summed E-state index contributed by atoms with van der Waals surface area (Å²) >= 11 is 0. The summed E-state index contributed by atoms with van der Waals surface area (Å²) in [6, 6.07) is 36.8. The van der Waals surface area contributed by atoms with Crippen molar-refractivity contribution in [2.24, 2.45) is 0 Å². The van der Waals surface area contributed by atoms with Crippen LogP contribution in [0.3, 0.4) is 0 Å². The van der Waals surface area contributed by atoms with Crippen LogP contribution in [-0.2, 0) is 89.9 Å². The third-order valence-corrected chi connectivity index (χ3v) is 14.0. The molecule has 7 nitrogen and oxygen atoms in total. The van der Waals surface area contributed by atoms with Gasteiger partial charge in [-0.3, -0.25) is 0 Å². The van der Waals surface area contributed by atoms with Crippen LogP contribution in [0.2, 0.25) is 0 Å². The van der Waals surface area contributed by atoms with Gasteiger partial charge in [0.15, 0.2) is 0 Å². The molecule has 0 aliphatic heterocycles. The van der Waals surface area contributed by atoms with Crippen molar-refractivity contribution in [2.45, 2.75) is 201 Å². The van der Waals surface area contributed by atoms with E-state index in [1.54, 1.807) is 0 Å². The SMILES string of the molecule is CCc1cc(C)cc(CC)c1[O-].CCc1cc(C)cc(CC)c1[O-].CCc1cccc(CC)c1[O-].CCc1cccc(CC)c1[O-].CCc1cccc(CC)c1[O-].CCc1cccc(CC)c1[O-].CCc1cccc(CC)c1[O-].[Cs+].[K+].[K+].[K+].[Li+].[Li+].[Li+]. The van der Waals surface area contributed by atoms with Crippen LogP contribution in [-0.4, -0.2) is 0 Å². The van der Waals surface area contributed by atoms with Gasteiger partial charge in [0, 0.05) is 0 Å². The number of hydrogen-bond donors (Lipinski definition) is 0. The second-order valence-electron chi connectivity index (χ2n) is 19.3. The maximum atomic E-state index is 11.6. The first kappa shape index (κ1) is 101. The Morgan fingerprint density at radius 1 is 0.209 bits per heavy atom. The normalized spacial score (nSPS) is 9.26. The number of aryl methyl sites for hydroxylation is 16. The summed E-state index contributed by atoms with van der Waals surface area (Å²) in [7, 11) is 0. The van der Waals surface area contributed by atoms with Gasteiger partial charge in [-0.05, 0) is 104 Å². The molecule has 86 heavy (non-hydrogen) atoms. The van der Waals surface area contributed by atoms with Crippen molar-refractivity contribution in [1.82, 2.24) is 0 Å². The van der Waals surface area contributed by atoms with Crippen molar-refractivity contribution < 1.29 is 315 Å². The molecule has 0 unspecified atom stereocenters. The Bertz CT molecular complexity index is 2350. The Morgan fingerprint density at radius 3 is 0.395 bits per heavy atom. The zero-order valence-electron chi connectivity index (χ0n) is 58.2. The van der Waals surface area contributed by atoms with Gasteiger partial charge >= 0.3 is 280 Å². The Morgan fingerprint density at radius 2 is 0.302 bits per heavy atom. The minimum absolute atomic E-state index is 0. The molecule has 432 valence electrons. The van der Waals surface area contributed by atoms with Crippen LogP contribution in [0.5, 0.6) is 40.2 Å². The van der Waals surface area contributed by atoms with Crippen LogP contribution in [0.25, 0.3) is 0 Å². The molecule has 0 saturated heterocycles. The summed E-state index contributed by atoms with van der Waals surface area (Å²) in [5, 5.41) is 80.3. The minimum Gasteiger partial charge on any atom is -0.872 e. The summed E-state index contributed by atoms with van der Waals surface area (Å²) in [5.74, 6) is 1.65. The first-order chi connectivity index (χ1) is 37.8. The fraction of sp³-hybridized carbons (Fsp3) is 0.417. The molecule has 14 heteroatoms. The topological polar surface area (TPSA) is 161 Å². The average Bonchev–Trinajstić information content (AvgIpc) is 3.47. The maximum absolute atomic E-state index is 11.6. The van der Waals surface area contributed by atoms with E-state index in [9.17, 15) is 35.7 Å². The quantitative estimate of drug-likeness (QED) is 0.0980. The molecule has 0 fully saturated rings. The third kappa shape index (κ3) is 35.6. The smallest absolute Gasteiger partial charge is 0.872 e. The van der Waals surface area contributed by atoms with Gasteiger partial charge in [0.2, 0.25) is 0 Å². The zero-order valence-corrected chi connectivity index (χ0v) is 73.9. The summed E-state index contributed by atoms with van der Waals surface area (Å²) in [6.45, 7) is 32.3. The van der Waals surface area contributed by atoms with E-state index in [2.05, 4.69) is 0 Å². The van der Waals surface area contributed by atoms with E-state index in [-0.39, 0.29) is 320 Å². The van der Waals surface area contributed by atoms with Crippen molar-refractivity contribution in [3.63, 3.8) is 0 Å². The van der Waals surface area contributed by atoms with E-state index >= 15 is 0 Å². The Hall–Kier alpha value is 1.89. The van der Waals surface area contributed by atoms with Gasteiger partial charge in [0.05, 0.1) is 0 Å². The van der Waals surface area contributed by atoms with Crippen LogP contribution < -0.4 is 315 Å². The van der Waals surface area contributed by atoms with Crippen LogP contribution >= 0.6 is 0 Å². The Labute approximate surface area is 745 Å². The summed E-state index contributed by atoms with van der Waals surface area (Å²) < 4.78 is 0. The molecule has 0 aliphatic carbocycles. The summed E-state index contributed by atoms with van der Waals surface area (Å²) in [5.41, 5.74) is 15.5. The van der Waals surface area contributed by atoms with Crippen LogP contribution in [0.4, 0.5) is 0 Å². The monoisotopic (exact) mass is 1340 g/mol. The third-order valence-electron chi connectivity index (χ3n) is 14.0. The molecule has 0 amide bonds. The maximum Gasteiger partial charge on any atom is 1.00 e. The summed E-state index contributed by atoms with van der Waals surface area (Å²) in [4.78, 5) is 0. The first-order valence-electron chi connectivity index (χ1n) is 29.3. The van der Waals surface area contributed by atoms with Crippen LogP contribution in [0.15, 0.2) is 115 Å². The van der Waals surface area contributed by atoms with Crippen LogP contribution in [0.1, 0.15) is 186 Å². The first-order valence-corrected chi connectivity index (χ1v) is 29.3. The van der Waals surface area contributed by atoms with E-state index in [0.717, 1.165) is 168 Å². The molecule has 0 saturated carbocycles. The molecule has 7 rings (SSSR count). The zero-order chi connectivity index (χ0) is 59.6. The number of para-hydroxylation sites is 5. The van der Waals surface area contributed by atoms with Gasteiger partial charge in [-0.15, -0.1) is 40.2 Å². The van der Waals surface area contributed by atoms with Gasteiger partial charge in [-0.25, -0.2) is 0 Å². The van der Waals surface area contributed by atoms with Gasteiger partial charge in [-0.2, -0.15) is 0 Å². The molecule has 0 radical (unpaired) electrons. The van der Waals surface area contributed by atoms with Gasteiger partial charge in [0.25, 0.3) is 0 Å². The van der Waals surface area contributed by atoms with E-state index in [4.69, 9.17) is 0 Å². The van der Waals surface area contributed by atoms with Crippen molar-refractivity contribution in [2.75, 3.05) is 0 Å². The van der Waals surface area contributed by atoms with Gasteiger partial charge in [0.1, 0.15) is 0 Å². The molecular formula is C72H95CsK3Li3O7. The van der Waals surface area contributed by atoms with Gasteiger partial charge < -0.3 is 35.7 Å². The standard InChI is InChI=1S/2C11H16O.5C10H14O.Cs.3K.3Li/c2*1-4-9-6-8(3)7-10(5-2)11(9)12;5*1-3-8-6-5-7-9(4-2)10(8)11;;;;;;;/h2*6-7,12H,4-5H2,1-3H3;5*5-7,11H,3-4H2,1-2H3;;;;;;;/q;;;;;;;7*+1/p-7. The molecule has 0 aliphatic rings. The van der Waals surface area contributed by atoms with E-state index < -0.39 is 0 Å². The van der Waals surface area contributed by atoms with E-state index in [0.29, 0.717) is 0 Å². The van der Waals surface area contributed by atoms with E-state index in [1.807, 2.05) is 226 Å². The fourth-order valence-corrected chi connectivity index (χ4v) is 8.88. The Kier molecular flexibility index (Phi) is 70.0. The predicted molar refractivity (Wildman–Crippen MR) is 322 cm³/mol. The molecule has 0 N–H and O–H groups in total. The van der Waals surface area contributed by atoms with Crippen molar-refractivity contribution in [3.8, 4) is 40.2 Å². The fourth-order valence-electron chi connectivity index (χ4n) is 8.88. The molecule has 0 bridgehead atoms. The molecule has 7 aromatic carbocycles. The van der Waals surface area contributed by atoms with Crippen molar-refractivity contribution in [1.29, 1.82) is 0 Å². The second kappa shape index (κ2) is 59.4. The largest absolute Gasteiger partial charge is 1.00 e.